The van der Waals surface area contributed by atoms with Crippen molar-refractivity contribution in [2.45, 2.75) is 37.8 Å². The minimum atomic E-state index is -0.893. The van der Waals surface area contributed by atoms with E-state index < -0.39 is 5.60 Å². The predicted molar refractivity (Wildman–Crippen MR) is 81.1 cm³/mol. The maximum absolute atomic E-state index is 12.5. The van der Waals surface area contributed by atoms with Crippen molar-refractivity contribution < 1.29 is 9.63 Å². The quantitative estimate of drug-likeness (QED) is 0.884. The van der Waals surface area contributed by atoms with E-state index in [0.29, 0.717) is 6.42 Å². The van der Waals surface area contributed by atoms with Gasteiger partial charge >= 0.3 is 0 Å². The van der Waals surface area contributed by atoms with Crippen LogP contribution < -0.4 is 10.6 Å². The summed E-state index contributed by atoms with van der Waals surface area (Å²) < 4.78 is 0. The number of piperidine rings is 1. The fourth-order valence-corrected chi connectivity index (χ4v) is 2.75. The molecule has 112 valence electrons. The number of oxime groups is 1. The number of carbonyl (C=O) groups is 1. The second-order valence-corrected chi connectivity index (χ2v) is 5.90. The van der Waals surface area contributed by atoms with Crippen molar-refractivity contribution in [3.05, 3.63) is 35.9 Å². The molecule has 21 heavy (non-hydrogen) atoms. The fraction of sp³-hybridized carbons (Fsp3) is 0.500. The van der Waals surface area contributed by atoms with Crippen molar-refractivity contribution in [3.63, 3.8) is 0 Å². The zero-order valence-corrected chi connectivity index (χ0v) is 12.3. The molecular weight excluding hydrogens is 266 g/mol. The lowest BCUT2D eigenvalue weighted by atomic mass is 9.94. The normalized spacial score (nSPS) is 26.0. The lowest BCUT2D eigenvalue weighted by Gasteiger charge is -2.28. The van der Waals surface area contributed by atoms with Gasteiger partial charge < -0.3 is 15.5 Å². The number of nitrogens with one attached hydrogen (secondary N) is 2. The molecule has 5 nitrogen and oxygen atoms in total. The molecule has 0 saturated carbocycles. The molecule has 2 aliphatic rings. The van der Waals surface area contributed by atoms with E-state index in [1.165, 1.54) is 0 Å². The zero-order valence-electron chi connectivity index (χ0n) is 12.3. The summed E-state index contributed by atoms with van der Waals surface area (Å²) in [5, 5.41) is 10.5. The standard InChI is InChI=1S/C16H21N3O2/c1-16(15(20)18-13-7-9-17-10-8-13)11-14(19-21-16)12-5-3-2-4-6-12/h2-6,13,17H,7-11H2,1H3,(H,18,20). The number of nitrogens with zero attached hydrogens (tertiary/aromatic N) is 1. The minimum Gasteiger partial charge on any atom is -0.379 e. The lowest BCUT2D eigenvalue weighted by Crippen LogP contribution is -2.51. The molecule has 1 unspecified atom stereocenters. The first-order valence-corrected chi connectivity index (χ1v) is 7.49. The van der Waals surface area contributed by atoms with E-state index in [1.54, 1.807) is 0 Å². The van der Waals surface area contributed by atoms with Crippen LogP contribution in [0.2, 0.25) is 0 Å². The molecule has 3 rings (SSSR count). The molecule has 1 fully saturated rings. The molecular formula is C16H21N3O2. The van der Waals surface area contributed by atoms with Crippen LogP contribution in [0.3, 0.4) is 0 Å². The topological polar surface area (TPSA) is 62.7 Å². The zero-order chi connectivity index (χ0) is 14.7. The van der Waals surface area contributed by atoms with Gasteiger partial charge in [0.05, 0.1) is 5.71 Å². The van der Waals surface area contributed by atoms with Crippen molar-refractivity contribution in [2.75, 3.05) is 13.1 Å². The highest BCUT2D eigenvalue weighted by Gasteiger charge is 2.42. The molecule has 0 aliphatic carbocycles. The highest BCUT2D eigenvalue weighted by Crippen LogP contribution is 2.27. The summed E-state index contributed by atoms with van der Waals surface area (Å²) >= 11 is 0. The molecule has 2 heterocycles. The summed E-state index contributed by atoms with van der Waals surface area (Å²) in [5.74, 6) is -0.0657. The second kappa shape index (κ2) is 5.85. The van der Waals surface area contributed by atoms with Crippen LogP contribution in [0, 0.1) is 0 Å². The summed E-state index contributed by atoms with van der Waals surface area (Å²) in [6, 6.07) is 10.1. The van der Waals surface area contributed by atoms with Crippen LogP contribution in [0.4, 0.5) is 0 Å². The van der Waals surface area contributed by atoms with Crippen LogP contribution in [0.15, 0.2) is 35.5 Å². The molecule has 1 aromatic carbocycles. The van der Waals surface area contributed by atoms with E-state index in [-0.39, 0.29) is 11.9 Å². The van der Waals surface area contributed by atoms with Crippen LogP contribution in [-0.4, -0.2) is 36.4 Å². The number of rotatable bonds is 3. The molecule has 0 radical (unpaired) electrons. The van der Waals surface area contributed by atoms with Gasteiger partial charge in [0.1, 0.15) is 0 Å². The van der Waals surface area contributed by atoms with Gasteiger partial charge in [-0.15, -0.1) is 0 Å². The second-order valence-electron chi connectivity index (χ2n) is 5.90. The molecule has 0 aromatic heterocycles. The van der Waals surface area contributed by atoms with E-state index in [1.807, 2.05) is 37.3 Å². The third-order valence-corrected chi connectivity index (χ3v) is 4.12. The van der Waals surface area contributed by atoms with Crippen molar-refractivity contribution in [1.82, 2.24) is 10.6 Å². The molecule has 1 amide bonds. The van der Waals surface area contributed by atoms with Crippen molar-refractivity contribution in [3.8, 4) is 0 Å². The third kappa shape index (κ3) is 3.08. The van der Waals surface area contributed by atoms with Crippen LogP contribution in [0.25, 0.3) is 0 Å². The van der Waals surface area contributed by atoms with Gasteiger partial charge in [-0.2, -0.15) is 0 Å². The Morgan fingerprint density at radius 2 is 2.05 bits per heavy atom. The van der Waals surface area contributed by atoms with Crippen molar-refractivity contribution in [1.29, 1.82) is 0 Å². The Morgan fingerprint density at radius 1 is 1.33 bits per heavy atom. The third-order valence-electron chi connectivity index (χ3n) is 4.12. The van der Waals surface area contributed by atoms with Gasteiger partial charge in [0.25, 0.3) is 5.91 Å². The molecule has 1 aromatic rings. The number of hydrogen-bond acceptors (Lipinski definition) is 4. The first-order chi connectivity index (χ1) is 10.2. The maximum atomic E-state index is 12.5. The summed E-state index contributed by atoms with van der Waals surface area (Å²) in [7, 11) is 0. The molecule has 0 spiro atoms. The van der Waals surface area contributed by atoms with Crippen molar-refractivity contribution >= 4 is 11.6 Å². The Balaban J connectivity index is 1.62. The highest BCUT2D eigenvalue weighted by molar-refractivity contribution is 6.05. The Morgan fingerprint density at radius 3 is 2.76 bits per heavy atom. The van der Waals surface area contributed by atoms with Gasteiger partial charge in [-0.25, -0.2) is 0 Å². The highest BCUT2D eigenvalue weighted by atomic mass is 16.7. The summed E-state index contributed by atoms with van der Waals surface area (Å²) in [5.41, 5.74) is 0.949. The van der Waals surface area contributed by atoms with Gasteiger partial charge in [0.2, 0.25) is 5.60 Å². The molecule has 5 heteroatoms. The Hall–Kier alpha value is -1.88. The number of hydrogen-bond donors (Lipinski definition) is 2. The largest absolute Gasteiger partial charge is 0.379 e. The Labute approximate surface area is 124 Å². The Kier molecular flexibility index (Phi) is 3.92. The van der Waals surface area contributed by atoms with Gasteiger partial charge in [-0.3, -0.25) is 4.79 Å². The predicted octanol–water partition coefficient (Wildman–Crippen LogP) is 1.44. The maximum Gasteiger partial charge on any atom is 0.267 e. The van der Waals surface area contributed by atoms with Crippen LogP contribution in [0.1, 0.15) is 31.7 Å². The molecule has 1 saturated heterocycles. The average molecular weight is 287 g/mol. The van der Waals surface area contributed by atoms with Gasteiger partial charge in [-0.1, -0.05) is 35.5 Å². The smallest absolute Gasteiger partial charge is 0.267 e. The van der Waals surface area contributed by atoms with Gasteiger partial charge in [0.15, 0.2) is 0 Å². The van der Waals surface area contributed by atoms with E-state index in [4.69, 9.17) is 4.84 Å². The van der Waals surface area contributed by atoms with Crippen LogP contribution in [-0.2, 0) is 9.63 Å². The van der Waals surface area contributed by atoms with Crippen LogP contribution in [0.5, 0.6) is 0 Å². The molecule has 0 bridgehead atoms. The van der Waals surface area contributed by atoms with E-state index in [2.05, 4.69) is 15.8 Å². The number of amides is 1. The molecule has 2 N–H and O–H groups in total. The summed E-state index contributed by atoms with van der Waals surface area (Å²) in [6.07, 6.45) is 2.44. The summed E-state index contributed by atoms with van der Waals surface area (Å²) in [4.78, 5) is 18.0. The molecule has 2 aliphatic heterocycles. The van der Waals surface area contributed by atoms with Crippen molar-refractivity contribution in [2.24, 2.45) is 5.16 Å². The first-order valence-electron chi connectivity index (χ1n) is 7.49. The SMILES string of the molecule is CC1(C(=O)NC2CCNCC2)CC(c2ccccc2)=NO1. The number of carbonyl (C=O) groups excluding carboxylic acids is 1. The van der Waals surface area contributed by atoms with E-state index in [0.717, 1.165) is 37.2 Å². The lowest BCUT2D eigenvalue weighted by molar-refractivity contribution is -0.142. The Bertz CT molecular complexity index is 538. The van der Waals surface area contributed by atoms with Gasteiger partial charge in [-0.05, 0) is 38.4 Å². The minimum absolute atomic E-state index is 0.0657. The van der Waals surface area contributed by atoms with Gasteiger partial charge in [0, 0.05) is 12.5 Å². The average Bonchev–Trinajstić information content (AvgIpc) is 2.93. The number of benzene rings is 1. The van der Waals surface area contributed by atoms with E-state index in [9.17, 15) is 4.79 Å². The summed E-state index contributed by atoms with van der Waals surface area (Å²) in [6.45, 7) is 3.71. The monoisotopic (exact) mass is 287 g/mol. The fourth-order valence-electron chi connectivity index (χ4n) is 2.75. The molecule has 1 atom stereocenters. The van der Waals surface area contributed by atoms with E-state index >= 15 is 0 Å². The first kappa shape index (κ1) is 14.1. The van der Waals surface area contributed by atoms with Crippen LogP contribution >= 0.6 is 0 Å².